The van der Waals surface area contributed by atoms with E-state index in [-0.39, 0.29) is 5.69 Å². The summed E-state index contributed by atoms with van der Waals surface area (Å²) in [5, 5.41) is 10.7. The Labute approximate surface area is 93.2 Å². The molecule has 0 bridgehead atoms. The Morgan fingerprint density at radius 2 is 2.27 bits per heavy atom. The molecule has 1 rings (SSSR count). The van der Waals surface area contributed by atoms with Gasteiger partial charge in [-0.05, 0) is 18.6 Å². The highest BCUT2D eigenvalue weighted by Gasteiger charge is 2.10. The van der Waals surface area contributed by atoms with Crippen LogP contribution in [-0.4, -0.2) is 10.8 Å². The van der Waals surface area contributed by atoms with Gasteiger partial charge in [-0.25, -0.2) is 0 Å². The van der Waals surface area contributed by atoms with Gasteiger partial charge in [0.15, 0.2) is 0 Å². The third-order valence-corrected chi connectivity index (χ3v) is 1.98. The second-order valence-corrected chi connectivity index (χ2v) is 3.40. The first kappa shape index (κ1) is 11.5. The van der Waals surface area contributed by atoms with Crippen LogP contribution in [0.25, 0.3) is 0 Å². The van der Waals surface area contributed by atoms with E-state index in [1.54, 1.807) is 12.1 Å². The Kier molecular flexibility index (Phi) is 4.14. The first-order valence-corrected chi connectivity index (χ1v) is 4.98. The second-order valence-electron chi connectivity index (χ2n) is 3.02. The lowest BCUT2D eigenvalue weighted by Gasteiger charge is -1.96. The molecule has 3 nitrogen and oxygen atoms in total. The number of rotatable bonds is 2. The van der Waals surface area contributed by atoms with Crippen molar-refractivity contribution in [2.75, 3.05) is 5.88 Å². The molecule has 0 atom stereocenters. The number of hydrogen-bond donors (Lipinski definition) is 0. The monoisotopic (exact) mass is 223 g/mol. The van der Waals surface area contributed by atoms with Crippen molar-refractivity contribution in [3.8, 4) is 11.8 Å². The molecule has 15 heavy (non-hydrogen) atoms. The molecule has 1 aromatic rings. The number of aryl methyl sites for hydroxylation is 1. The fourth-order valence-corrected chi connectivity index (χ4v) is 1.21. The van der Waals surface area contributed by atoms with Gasteiger partial charge < -0.3 is 0 Å². The maximum absolute atomic E-state index is 10.7. The fraction of sp³-hybridized carbons (Fsp3) is 0.273. The maximum atomic E-state index is 10.7. The molecular formula is C11H10ClNO2. The average Bonchev–Trinajstić information content (AvgIpc) is 2.18. The summed E-state index contributed by atoms with van der Waals surface area (Å²) in [6.07, 6.45) is 0.534. The van der Waals surface area contributed by atoms with Crippen LogP contribution in [0.3, 0.4) is 0 Å². The van der Waals surface area contributed by atoms with Crippen LogP contribution < -0.4 is 0 Å². The molecule has 0 saturated heterocycles. The van der Waals surface area contributed by atoms with Gasteiger partial charge in [0, 0.05) is 18.4 Å². The van der Waals surface area contributed by atoms with Crippen LogP contribution in [0, 0.1) is 28.9 Å². The van der Waals surface area contributed by atoms with Crippen LogP contribution in [0.4, 0.5) is 5.69 Å². The summed E-state index contributed by atoms with van der Waals surface area (Å²) in [5.41, 5.74) is 1.45. The van der Waals surface area contributed by atoms with Crippen LogP contribution in [0.15, 0.2) is 18.2 Å². The van der Waals surface area contributed by atoms with Gasteiger partial charge in [-0.2, -0.15) is 0 Å². The van der Waals surface area contributed by atoms with Crippen molar-refractivity contribution in [2.45, 2.75) is 13.3 Å². The van der Waals surface area contributed by atoms with Crippen LogP contribution in [-0.2, 0) is 0 Å². The summed E-state index contributed by atoms with van der Waals surface area (Å²) in [7, 11) is 0. The van der Waals surface area contributed by atoms with Gasteiger partial charge in [-0.3, -0.25) is 10.1 Å². The van der Waals surface area contributed by atoms with Crippen LogP contribution in [0.2, 0.25) is 0 Å². The van der Waals surface area contributed by atoms with Crippen molar-refractivity contribution >= 4 is 17.3 Å². The number of nitrogens with zero attached hydrogens (tertiary/aromatic N) is 1. The molecule has 4 heteroatoms. The molecule has 0 radical (unpaired) electrons. The summed E-state index contributed by atoms with van der Waals surface area (Å²) in [6.45, 7) is 1.87. The zero-order valence-corrected chi connectivity index (χ0v) is 9.04. The molecule has 0 N–H and O–H groups in total. The van der Waals surface area contributed by atoms with E-state index in [1.807, 2.05) is 6.92 Å². The Morgan fingerprint density at radius 3 is 2.87 bits per heavy atom. The van der Waals surface area contributed by atoms with Gasteiger partial charge in [0.05, 0.1) is 4.92 Å². The summed E-state index contributed by atoms with van der Waals surface area (Å²) in [5.74, 6) is 5.98. The zero-order chi connectivity index (χ0) is 11.3. The summed E-state index contributed by atoms with van der Waals surface area (Å²) in [4.78, 5) is 10.3. The molecular weight excluding hydrogens is 214 g/mol. The molecule has 0 aliphatic carbocycles. The Bertz CT molecular complexity index is 432. The minimum Gasteiger partial charge on any atom is -0.258 e. The number of alkyl halides is 1. The Morgan fingerprint density at radius 1 is 1.53 bits per heavy atom. The minimum absolute atomic E-state index is 0.0441. The van der Waals surface area contributed by atoms with E-state index in [2.05, 4.69) is 11.8 Å². The van der Waals surface area contributed by atoms with Crippen molar-refractivity contribution in [1.29, 1.82) is 0 Å². The van der Waals surface area contributed by atoms with Gasteiger partial charge in [0.2, 0.25) is 0 Å². The van der Waals surface area contributed by atoms with Crippen molar-refractivity contribution in [1.82, 2.24) is 0 Å². The van der Waals surface area contributed by atoms with Gasteiger partial charge >= 0.3 is 0 Å². The first-order valence-electron chi connectivity index (χ1n) is 4.45. The van der Waals surface area contributed by atoms with E-state index in [1.165, 1.54) is 6.07 Å². The maximum Gasteiger partial charge on any atom is 0.284 e. The van der Waals surface area contributed by atoms with Gasteiger partial charge in [-0.1, -0.05) is 17.9 Å². The third-order valence-electron chi connectivity index (χ3n) is 1.79. The van der Waals surface area contributed by atoms with Gasteiger partial charge in [-0.15, -0.1) is 11.6 Å². The summed E-state index contributed by atoms with van der Waals surface area (Å²) in [6, 6.07) is 4.88. The molecule has 78 valence electrons. The van der Waals surface area contributed by atoms with Crippen molar-refractivity contribution in [3.05, 3.63) is 39.4 Å². The molecule has 0 spiro atoms. The predicted molar refractivity (Wildman–Crippen MR) is 60.0 cm³/mol. The predicted octanol–water partition coefficient (Wildman–Crippen LogP) is 2.88. The molecule has 0 heterocycles. The topological polar surface area (TPSA) is 43.1 Å². The molecule has 0 aliphatic rings. The van der Waals surface area contributed by atoms with E-state index in [4.69, 9.17) is 11.6 Å². The van der Waals surface area contributed by atoms with Crippen LogP contribution in [0.1, 0.15) is 17.5 Å². The minimum atomic E-state index is -0.426. The molecule has 0 saturated carbocycles. The van der Waals surface area contributed by atoms with E-state index in [0.29, 0.717) is 17.9 Å². The van der Waals surface area contributed by atoms with E-state index in [0.717, 1.165) is 5.56 Å². The summed E-state index contributed by atoms with van der Waals surface area (Å²) >= 11 is 5.46. The summed E-state index contributed by atoms with van der Waals surface area (Å²) < 4.78 is 0. The van der Waals surface area contributed by atoms with E-state index >= 15 is 0 Å². The highest BCUT2D eigenvalue weighted by molar-refractivity contribution is 6.18. The number of nitro benzene ring substituents is 1. The lowest BCUT2D eigenvalue weighted by atomic mass is 10.1. The largest absolute Gasteiger partial charge is 0.284 e. The average molecular weight is 224 g/mol. The van der Waals surface area contributed by atoms with Crippen LogP contribution in [0.5, 0.6) is 0 Å². The molecule has 0 unspecified atom stereocenters. The lowest BCUT2D eigenvalue weighted by Crippen LogP contribution is -1.92. The number of nitro groups is 1. The molecule has 1 aromatic carbocycles. The van der Waals surface area contributed by atoms with Crippen LogP contribution >= 0.6 is 11.6 Å². The highest BCUT2D eigenvalue weighted by Crippen LogP contribution is 2.18. The van der Waals surface area contributed by atoms with Crippen molar-refractivity contribution in [3.63, 3.8) is 0 Å². The fourth-order valence-electron chi connectivity index (χ4n) is 1.11. The molecule has 0 aliphatic heterocycles. The molecule has 0 amide bonds. The smallest absolute Gasteiger partial charge is 0.258 e. The third kappa shape index (κ3) is 3.26. The van der Waals surface area contributed by atoms with E-state index < -0.39 is 4.92 Å². The Hall–Kier alpha value is -1.53. The molecule has 0 aromatic heterocycles. The van der Waals surface area contributed by atoms with Crippen molar-refractivity contribution in [2.24, 2.45) is 0 Å². The number of benzene rings is 1. The number of hydrogen-bond acceptors (Lipinski definition) is 2. The molecule has 0 fully saturated rings. The van der Waals surface area contributed by atoms with E-state index in [9.17, 15) is 10.1 Å². The zero-order valence-electron chi connectivity index (χ0n) is 8.29. The highest BCUT2D eigenvalue weighted by atomic mass is 35.5. The Balaban J connectivity index is 3.09. The van der Waals surface area contributed by atoms with Gasteiger partial charge in [0.1, 0.15) is 5.56 Å². The normalized spacial score (nSPS) is 9.20. The SMILES string of the molecule is Cc1ccc([N+](=O)[O-])c(C#CCCCl)c1. The second kappa shape index (κ2) is 5.38. The quantitative estimate of drug-likeness (QED) is 0.335. The first-order chi connectivity index (χ1) is 7.15. The van der Waals surface area contributed by atoms with Crippen molar-refractivity contribution < 1.29 is 4.92 Å². The lowest BCUT2D eigenvalue weighted by molar-refractivity contribution is -0.385. The van der Waals surface area contributed by atoms with Gasteiger partial charge in [0.25, 0.3) is 5.69 Å². The standard InChI is InChI=1S/C11H10ClNO2/c1-9-5-6-11(13(14)15)10(8-9)4-2-3-7-12/h5-6,8H,3,7H2,1H3. The number of halogens is 1.